The summed E-state index contributed by atoms with van der Waals surface area (Å²) in [6.07, 6.45) is 2.76. The molecule has 2 saturated heterocycles. The van der Waals surface area contributed by atoms with Gasteiger partial charge in [0.25, 0.3) is 5.91 Å². The third kappa shape index (κ3) is 2.70. The van der Waals surface area contributed by atoms with Crippen LogP contribution < -0.4 is 4.90 Å². The minimum Gasteiger partial charge on any atom is -0.347 e. The molecule has 6 heteroatoms. The number of carbonyl (C=O) groups is 2. The summed E-state index contributed by atoms with van der Waals surface area (Å²) >= 11 is 0. The lowest BCUT2D eigenvalue weighted by Gasteiger charge is -2.46. The zero-order chi connectivity index (χ0) is 18.3. The number of piperazine rings is 1. The quantitative estimate of drug-likeness (QED) is 0.825. The minimum atomic E-state index is -0.190. The van der Waals surface area contributed by atoms with Crippen molar-refractivity contribution in [3.05, 3.63) is 54.4 Å². The Hall–Kier alpha value is -2.60. The van der Waals surface area contributed by atoms with Crippen LogP contribution in [0.5, 0.6) is 0 Å². The highest BCUT2D eigenvalue weighted by Gasteiger charge is 2.48. The average Bonchev–Trinajstić information content (AvgIpc) is 3.26. The molecule has 2 amide bonds. The Bertz CT molecular complexity index is 831. The number of hydrogen-bond donors (Lipinski definition) is 0. The van der Waals surface area contributed by atoms with Crippen LogP contribution in [0.2, 0.25) is 0 Å². The van der Waals surface area contributed by atoms with E-state index in [-0.39, 0.29) is 17.4 Å². The van der Waals surface area contributed by atoms with E-state index < -0.39 is 0 Å². The summed E-state index contributed by atoms with van der Waals surface area (Å²) in [5.74, 6) is 0.169. The highest BCUT2D eigenvalue weighted by Crippen LogP contribution is 2.33. The molecule has 1 spiro atoms. The first-order chi connectivity index (χ1) is 12.5. The second-order valence-electron chi connectivity index (χ2n) is 7.38. The molecule has 0 N–H and O–H groups in total. The molecule has 2 aliphatic rings. The first kappa shape index (κ1) is 16.8. The number of nitrogens with zero attached hydrogens (tertiary/aromatic N) is 4. The van der Waals surface area contributed by atoms with Crippen LogP contribution in [0.15, 0.2) is 48.7 Å². The van der Waals surface area contributed by atoms with E-state index in [0.29, 0.717) is 31.9 Å². The van der Waals surface area contributed by atoms with Gasteiger partial charge in [0.05, 0.1) is 12.1 Å². The first-order valence-electron chi connectivity index (χ1n) is 8.97. The Labute approximate surface area is 153 Å². The first-order valence-corrected chi connectivity index (χ1v) is 8.97. The smallest absolute Gasteiger partial charge is 0.270 e. The summed E-state index contributed by atoms with van der Waals surface area (Å²) in [5.41, 5.74) is 1.44. The van der Waals surface area contributed by atoms with Crippen molar-refractivity contribution in [2.45, 2.75) is 12.0 Å². The molecule has 0 bridgehead atoms. The Kier molecular flexibility index (Phi) is 4.07. The molecule has 4 rings (SSSR count). The van der Waals surface area contributed by atoms with Gasteiger partial charge in [0.2, 0.25) is 5.91 Å². The van der Waals surface area contributed by atoms with Gasteiger partial charge in [0, 0.05) is 38.6 Å². The molecule has 0 aliphatic carbocycles. The molecular formula is C20H24N4O2. The third-order valence-electron chi connectivity index (χ3n) is 5.79. The zero-order valence-corrected chi connectivity index (χ0v) is 15.3. The standard InChI is InChI=1S/C20H24N4O2/c1-21-11-6-9-17(21)19(26)23-12-10-20(14-23)15-24(18(25)13-22(20)2)16-7-4-3-5-8-16/h3-9,11H,10,12-15H2,1-2H3. The molecule has 1 unspecified atom stereocenters. The van der Waals surface area contributed by atoms with E-state index in [9.17, 15) is 9.59 Å². The second-order valence-corrected chi connectivity index (χ2v) is 7.38. The second kappa shape index (κ2) is 6.29. The number of anilines is 1. The number of aromatic nitrogens is 1. The number of likely N-dealkylation sites (N-methyl/N-ethyl adjacent to an activating group) is 1. The lowest BCUT2D eigenvalue weighted by atomic mass is 9.92. The van der Waals surface area contributed by atoms with Crippen molar-refractivity contribution in [3.63, 3.8) is 0 Å². The van der Waals surface area contributed by atoms with E-state index in [0.717, 1.165) is 12.1 Å². The number of amides is 2. The summed E-state index contributed by atoms with van der Waals surface area (Å²) in [5, 5.41) is 0. The van der Waals surface area contributed by atoms with Gasteiger partial charge in [-0.1, -0.05) is 18.2 Å². The van der Waals surface area contributed by atoms with E-state index in [1.807, 2.05) is 77.1 Å². The number of hydrogen-bond acceptors (Lipinski definition) is 3. The summed E-state index contributed by atoms with van der Waals surface area (Å²) in [4.78, 5) is 31.4. The van der Waals surface area contributed by atoms with Gasteiger partial charge in [0.1, 0.15) is 5.69 Å². The molecular weight excluding hydrogens is 328 g/mol. The number of carbonyl (C=O) groups excluding carboxylic acids is 2. The Morgan fingerprint density at radius 1 is 1.04 bits per heavy atom. The highest BCUT2D eigenvalue weighted by molar-refractivity contribution is 5.96. The van der Waals surface area contributed by atoms with Gasteiger partial charge in [0.15, 0.2) is 0 Å². The Morgan fingerprint density at radius 2 is 1.81 bits per heavy atom. The lowest BCUT2D eigenvalue weighted by molar-refractivity contribution is -0.123. The molecule has 1 aromatic carbocycles. The molecule has 136 valence electrons. The molecule has 0 radical (unpaired) electrons. The van der Waals surface area contributed by atoms with Crippen LogP contribution in [0.1, 0.15) is 16.9 Å². The number of likely N-dealkylation sites (tertiary alicyclic amines) is 1. The van der Waals surface area contributed by atoms with Gasteiger partial charge in [-0.05, 0) is 37.7 Å². The number of para-hydroxylation sites is 1. The van der Waals surface area contributed by atoms with Crippen molar-refractivity contribution in [2.75, 3.05) is 38.1 Å². The molecule has 0 saturated carbocycles. The van der Waals surface area contributed by atoms with Gasteiger partial charge in [-0.2, -0.15) is 0 Å². The van der Waals surface area contributed by atoms with Crippen molar-refractivity contribution >= 4 is 17.5 Å². The SMILES string of the molecule is CN1CC(=O)N(c2ccccc2)CC12CCN(C(=O)c1cccn1C)C2. The maximum atomic E-state index is 12.9. The van der Waals surface area contributed by atoms with Crippen LogP contribution in [0.25, 0.3) is 0 Å². The van der Waals surface area contributed by atoms with Gasteiger partial charge in [-0.25, -0.2) is 0 Å². The normalized spacial score (nSPS) is 23.8. The number of aryl methyl sites for hydroxylation is 1. The lowest BCUT2D eigenvalue weighted by Crippen LogP contribution is -2.64. The minimum absolute atomic E-state index is 0.0611. The molecule has 1 atom stereocenters. The van der Waals surface area contributed by atoms with Gasteiger partial charge < -0.3 is 14.4 Å². The van der Waals surface area contributed by atoms with Gasteiger partial charge in [-0.15, -0.1) is 0 Å². The van der Waals surface area contributed by atoms with Crippen LogP contribution in [0.3, 0.4) is 0 Å². The number of rotatable bonds is 2. The van der Waals surface area contributed by atoms with Crippen LogP contribution in [-0.2, 0) is 11.8 Å². The van der Waals surface area contributed by atoms with Crippen molar-refractivity contribution in [3.8, 4) is 0 Å². The van der Waals surface area contributed by atoms with Crippen LogP contribution in [0, 0.1) is 0 Å². The van der Waals surface area contributed by atoms with Crippen molar-refractivity contribution < 1.29 is 9.59 Å². The largest absolute Gasteiger partial charge is 0.347 e. The Morgan fingerprint density at radius 3 is 2.50 bits per heavy atom. The molecule has 2 fully saturated rings. The topological polar surface area (TPSA) is 48.8 Å². The van der Waals surface area contributed by atoms with E-state index in [1.165, 1.54) is 0 Å². The molecule has 2 aliphatic heterocycles. The molecule has 2 aromatic rings. The fraction of sp³-hybridized carbons (Fsp3) is 0.400. The third-order valence-corrected chi connectivity index (χ3v) is 5.79. The van der Waals surface area contributed by atoms with Crippen molar-refractivity contribution in [2.24, 2.45) is 7.05 Å². The maximum Gasteiger partial charge on any atom is 0.270 e. The average molecular weight is 352 g/mol. The summed E-state index contributed by atoms with van der Waals surface area (Å²) < 4.78 is 1.86. The van der Waals surface area contributed by atoms with Crippen molar-refractivity contribution in [1.29, 1.82) is 0 Å². The predicted octanol–water partition coefficient (Wildman–Crippen LogP) is 1.59. The predicted molar refractivity (Wildman–Crippen MR) is 100 cm³/mol. The summed E-state index contributed by atoms with van der Waals surface area (Å²) in [6, 6.07) is 13.5. The monoisotopic (exact) mass is 352 g/mol. The Balaban J connectivity index is 1.57. The summed E-state index contributed by atoms with van der Waals surface area (Å²) in [7, 11) is 3.89. The molecule has 3 heterocycles. The summed E-state index contributed by atoms with van der Waals surface area (Å²) in [6.45, 7) is 2.35. The van der Waals surface area contributed by atoms with Gasteiger partial charge in [-0.3, -0.25) is 14.5 Å². The highest BCUT2D eigenvalue weighted by atomic mass is 16.2. The zero-order valence-electron chi connectivity index (χ0n) is 15.3. The van der Waals surface area contributed by atoms with Crippen molar-refractivity contribution in [1.82, 2.24) is 14.4 Å². The van der Waals surface area contributed by atoms with E-state index in [4.69, 9.17) is 0 Å². The number of benzene rings is 1. The van der Waals surface area contributed by atoms with Crippen LogP contribution in [-0.4, -0.2) is 64.9 Å². The maximum absolute atomic E-state index is 12.9. The van der Waals surface area contributed by atoms with E-state index >= 15 is 0 Å². The fourth-order valence-corrected chi connectivity index (χ4v) is 4.12. The molecule has 1 aromatic heterocycles. The van der Waals surface area contributed by atoms with Crippen LogP contribution >= 0.6 is 0 Å². The fourth-order valence-electron chi connectivity index (χ4n) is 4.12. The molecule has 26 heavy (non-hydrogen) atoms. The van der Waals surface area contributed by atoms with Crippen LogP contribution in [0.4, 0.5) is 5.69 Å². The van der Waals surface area contributed by atoms with E-state index in [2.05, 4.69) is 4.90 Å². The van der Waals surface area contributed by atoms with Gasteiger partial charge >= 0.3 is 0 Å². The van der Waals surface area contributed by atoms with E-state index in [1.54, 1.807) is 0 Å². The molecule has 6 nitrogen and oxygen atoms in total.